The van der Waals surface area contributed by atoms with Crippen LogP contribution in [0.3, 0.4) is 0 Å². The first-order chi connectivity index (χ1) is 15.4. The first-order valence-electron chi connectivity index (χ1n) is 9.28. The predicted molar refractivity (Wildman–Crippen MR) is 111 cm³/mol. The molecule has 1 N–H and O–H groups in total. The Balaban J connectivity index is 1.84. The minimum Gasteiger partial charge on any atom is -0.481 e. The van der Waals surface area contributed by atoms with Crippen LogP contribution in [0, 0.1) is 11.3 Å². The molecule has 3 aromatic heterocycles. The van der Waals surface area contributed by atoms with Crippen molar-refractivity contribution < 1.29 is 21.9 Å². The highest BCUT2D eigenvalue weighted by atomic mass is 32.2. The fourth-order valence-electron chi connectivity index (χ4n) is 3.14. The van der Waals surface area contributed by atoms with Crippen LogP contribution >= 0.6 is 0 Å². The van der Waals surface area contributed by atoms with E-state index in [-0.39, 0.29) is 16.3 Å². The SMILES string of the molecule is COc1ccc2c(n1)c(C#N)c(-c1ncc(S(=O)(=O)NC(CF)CF)cn1)n2C1=CC=C1. The second-order valence-corrected chi connectivity index (χ2v) is 8.43. The summed E-state index contributed by atoms with van der Waals surface area (Å²) in [6.45, 7) is -2.39. The highest BCUT2D eigenvalue weighted by Gasteiger charge is 2.26. The molecule has 0 radical (unpaired) electrons. The van der Waals surface area contributed by atoms with Gasteiger partial charge in [0, 0.05) is 11.8 Å². The Morgan fingerprint density at radius 2 is 1.94 bits per heavy atom. The number of hydrogen-bond donors (Lipinski definition) is 1. The van der Waals surface area contributed by atoms with Gasteiger partial charge in [-0.15, -0.1) is 0 Å². The van der Waals surface area contributed by atoms with E-state index in [1.807, 2.05) is 23.0 Å². The zero-order valence-corrected chi connectivity index (χ0v) is 17.5. The molecule has 0 aliphatic heterocycles. The normalized spacial score (nSPS) is 13.2. The minimum absolute atomic E-state index is 0.0752. The van der Waals surface area contributed by atoms with Crippen molar-refractivity contribution in [3.8, 4) is 23.5 Å². The highest BCUT2D eigenvalue weighted by molar-refractivity contribution is 7.89. The smallest absolute Gasteiger partial charge is 0.244 e. The maximum absolute atomic E-state index is 12.7. The quantitative estimate of drug-likeness (QED) is 0.550. The van der Waals surface area contributed by atoms with Crippen LogP contribution in [0.25, 0.3) is 28.2 Å². The molecule has 0 saturated heterocycles. The molecule has 9 nitrogen and oxygen atoms in total. The monoisotopic (exact) mass is 458 g/mol. The highest BCUT2D eigenvalue weighted by Crippen LogP contribution is 2.36. The number of ether oxygens (including phenoxy) is 1. The Kier molecular flexibility index (Phi) is 5.68. The van der Waals surface area contributed by atoms with E-state index < -0.39 is 29.4 Å². The van der Waals surface area contributed by atoms with Crippen LogP contribution in [0.15, 0.2) is 47.6 Å². The summed E-state index contributed by atoms with van der Waals surface area (Å²) in [7, 11) is -2.77. The lowest BCUT2D eigenvalue weighted by Crippen LogP contribution is -2.38. The standard InChI is InChI=1S/C20H16F2N6O3S/c1-31-17-6-5-16-18(26-17)15(9-23)19(28(16)13-3-2-4-13)20-24-10-14(11-25-20)32(29,30)27-12(7-21)8-22/h2-6,10-12,27H,7-8H2,1H3. The van der Waals surface area contributed by atoms with E-state index >= 15 is 0 Å². The van der Waals surface area contributed by atoms with Gasteiger partial charge in [0.25, 0.3) is 0 Å². The molecule has 0 atom stereocenters. The Morgan fingerprint density at radius 1 is 1.25 bits per heavy atom. The average Bonchev–Trinajstić information content (AvgIpc) is 3.09. The fraction of sp³-hybridized carbons (Fsp3) is 0.200. The zero-order valence-electron chi connectivity index (χ0n) is 16.7. The zero-order chi connectivity index (χ0) is 22.9. The van der Waals surface area contributed by atoms with Crippen LogP contribution in [0.1, 0.15) is 5.56 Å². The summed E-state index contributed by atoms with van der Waals surface area (Å²) in [5.74, 6) is 0.394. The summed E-state index contributed by atoms with van der Waals surface area (Å²) in [4.78, 5) is 12.3. The number of alkyl halides is 2. The third kappa shape index (κ3) is 3.61. The number of sulfonamides is 1. The molecule has 4 rings (SSSR count). The Hall–Kier alpha value is -3.69. The number of methoxy groups -OCH3 is 1. The third-order valence-corrected chi connectivity index (χ3v) is 6.22. The first-order valence-corrected chi connectivity index (χ1v) is 10.8. The molecule has 0 saturated carbocycles. The molecule has 12 heteroatoms. The van der Waals surface area contributed by atoms with E-state index in [2.05, 4.69) is 21.0 Å². The van der Waals surface area contributed by atoms with Crippen molar-refractivity contribution in [2.75, 3.05) is 20.5 Å². The molecule has 32 heavy (non-hydrogen) atoms. The predicted octanol–water partition coefficient (Wildman–Crippen LogP) is 2.37. The van der Waals surface area contributed by atoms with Gasteiger partial charge >= 0.3 is 0 Å². The molecule has 1 aliphatic carbocycles. The van der Waals surface area contributed by atoms with E-state index in [1.165, 1.54) is 7.11 Å². The summed E-state index contributed by atoms with van der Waals surface area (Å²) in [6.07, 6.45) is 7.50. The van der Waals surface area contributed by atoms with E-state index in [9.17, 15) is 22.5 Å². The minimum atomic E-state index is -4.23. The molecule has 1 aliphatic rings. The van der Waals surface area contributed by atoms with Gasteiger partial charge in [-0.05, 0) is 18.2 Å². The van der Waals surface area contributed by atoms with E-state index in [0.717, 1.165) is 18.1 Å². The van der Waals surface area contributed by atoms with Crippen LogP contribution in [-0.4, -0.2) is 54.4 Å². The fourth-order valence-corrected chi connectivity index (χ4v) is 4.23. The molecule has 3 aromatic rings. The van der Waals surface area contributed by atoms with Crippen molar-refractivity contribution in [2.45, 2.75) is 10.9 Å². The van der Waals surface area contributed by atoms with Crippen molar-refractivity contribution in [3.63, 3.8) is 0 Å². The first kappa shape index (κ1) is 21.5. The van der Waals surface area contributed by atoms with Crippen molar-refractivity contribution in [3.05, 3.63) is 48.3 Å². The molecule has 0 fully saturated rings. The molecule has 164 valence electrons. The number of hydrogen-bond acceptors (Lipinski definition) is 7. The number of aromatic nitrogens is 4. The van der Waals surface area contributed by atoms with Crippen LogP contribution in [0.4, 0.5) is 8.78 Å². The largest absolute Gasteiger partial charge is 0.481 e. The lowest BCUT2D eigenvalue weighted by molar-refractivity contribution is 0.334. The summed E-state index contributed by atoms with van der Waals surface area (Å²) in [5, 5.41) is 9.85. The van der Waals surface area contributed by atoms with Gasteiger partial charge < -0.3 is 9.30 Å². The van der Waals surface area contributed by atoms with Crippen molar-refractivity contribution in [2.24, 2.45) is 0 Å². The summed E-state index contributed by atoms with van der Waals surface area (Å²) in [6, 6.07) is 4.02. The lowest BCUT2D eigenvalue weighted by Gasteiger charge is -2.15. The second kappa shape index (κ2) is 8.45. The van der Waals surface area contributed by atoms with Gasteiger partial charge in [0.05, 0.1) is 31.1 Å². The summed E-state index contributed by atoms with van der Waals surface area (Å²) >= 11 is 0. The van der Waals surface area contributed by atoms with Crippen LogP contribution in [-0.2, 0) is 10.0 Å². The molecule has 0 bridgehead atoms. The second-order valence-electron chi connectivity index (χ2n) is 6.71. The van der Waals surface area contributed by atoms with Gasteiger partial charge in [0.2, 0.25) is 15.9 Å². The Bertz CT molecular complexity index is 1390. The molecule has 0 amide bonds. The van der Waals surface area contributed by atoms with Crippen molar-refractivity contribution in [1.29, 1.82) is 5.26 Å². The maximum Gasteiger partial charge on any atom is 0.244 e. The van der Waals surface area contributed by atoms with Gasteiger partial charge in [0.1, 0.15) is 41.1 Å². The number of halogens is 2. The summed E-state index contributed by atoms with van der Waals surface area (Å²) in [5.41, 5.74) is 2.25. The van der Waals surface area contributed by atoms with E-state index in [0.29, 0.717) is 22.6 Å². The number of pyridine rings is 1. The number of rotatable bonds is 8. The van der Waals surface area contributed by atoms with Crippen molar-refractivity contribution in [1.82, 2.24) is 24.2 Å². The molecular weight excluding hydrogens is 442 g/mol. The van der Waals surface area contributed by atoms with Crippen LogP contribution in [0.5, 0.6) is 5.88 Å². The number of nitrogens with zero attached hydrogens (tertiary/aromatic N) is 5. The number of allylic oxidation sites excluding steroid dienone is 4. The summed E-state index contributed by atoms with van der Waals surface area (Å²) < 4.78 is 59.0. The van der Waals surface area contributed by atoms with Crippen molar-refractivity contribution >= 4 is 26.8 Å². The van der Waals surface area contributed by atoms with Gasteiger partial charge in [-0.3, -0.25) is 0 Å². The molecule has 3 heterocycles. The molecule has 0 unspecified atom stereocenters. The van der Waals surface area contributed by atoms with Crippen LogP contribution in [0.2, 0.25) is 0 Å². The number of fused-ring (bicyclic) bond motifs is 1. The number of nitrogens with one attached hydrogen (secondary N) is 1. The van der Waals surface area contributed by atoms with E-state index in [4.69, 9.17) is 4.74 Å². The Morgan fingerprint density at radius 3 is 2.47 bits per heavy atom. The lowest BCUT2D eigenvalue weighted by atomic mass is 10.2. The van der Waals surface area contributed by atoms with Gasteiger partial charge in [-0.25, -0.2) is 36.9 Å². The molecular formula is C20H16F2N6O3S. The van der Waals surface area contributed by atoms with Gasteiger partial charge in [-0.1, -0.05) is 6.08 Å². The van der Waals surface area contributed by atoms with Crippen LogP contribution < -0.4 is 9.46 Å². The van der Waals surface area contributed by atoms with Gasteiger partial charge in [-0.2, -0.15) is 5.26 Å². The topological polar surface area (TPSA) is 123 Å². The number of nitriles is 1. The molecule has 0 aromatic carbocycles. The van der Waals surface area contributed by atoms with Gasteiger partial charge in [0.15, 0.2) is 5.82 Å². The third-order valence-electron chi connectivity index (χ3n) is 4.74. The maximum atomic E-state index is 12.7. The molecule has 0 spiro atoms. The average molecular weight is 458 g/mol. The Labute approximate surface area is 181 Å². The van der Waals surface area contributed by atoms with E-state index in [1.54, 1.807) is 16.7 Å².